The largest absolute Gasteiger partial charge is 0.396 e. The van der Waals surface area contributed by atoms with Gasteiger partial charge in [0, 0.05) is 19.3 Å². The highest BCUT2D eigenvalue weighted by Gasteiger charge is 2.41. The molecule has 0 atom stereocenters. The predicted octanol–water partition coefficient (Wildman–Crippen LogP) is 2.00. The van der Waals surface area contributed by atoms with E-state index in [0.29, 0.717) is 5.69 Å². The summed E-state index contributed by atoms with van der Waals surface area (Å²) in [4.78, 5) is 3.99. The number of hydrogen-bond acceptors (Lipinski definition) is 4. The Labute approximate surface area is 103 Å². The van der Waals surface area contributed by atoms with E-state index in [0.717, 1.165) is 23.1 Å². The van der Waals surface area contributed by atoms with Crippen molar-refractivity contribution >= 4 is 27.3 Å². The second-order valence-corrected chi connectivity index (χ2v) is 5.27. The Morgan fingerprint density at radius 2 is 2.25 bits per heavy atom. The lowest BCUT2D eigenvalue weighted by molar-refractivity contribution is 0.253. The number of pyridine rings is 1. The number of aromatic nitrogens is 1. The molecule has 0 radical (unpaired) electrons. The molecule has 4 nitrogen and oxygen atoms in total. The summed E-state index contributed by atoms with van der Waals surface area (Å²) < 4.78 is 0.882. The first-order valence-electron chi connectivity index (χ1n) is 5.41. The molecular formula is C11H16BrN3O. The van der Waals surface area contributed by atoms with E-state index in [-0.39, 0.29) is 12.0 Å². The van der Waals surface area contributed by atoms with Crippen LogP contribution in [0.3, 0.4) is 0 Å². The number of nitrogen functional groups attached to an aromatic ring is 1. The van der Waals surface area contributed by atoms with Crippen LogP contribution in [0.2, 0.25) is 0 Å². The summed E-state index contributed by atoms with van der Waals surface area (Å²) in [5.41, 5.74) is 7.67. The van der Waals surface area contributed by atoms with Crippen molar-refractivity contribution in [1.82, 2.24) is 4.98 Å². The monoisotopic (exact) mass is 285 g/mol. The highest BCUT2D eigenvalue weighted by atomic mass is 79.9. The maximum Gasteiger partial charge on any atom is 0.0750 e. The third kappa shape index (κ3) is 2.47. The van der Waals surface area contributed by atoms with E-state index in [1.165, 1.54) is 12.8 Å². The van der Waals surface area contributed by atoms with Crippen molar-refractivity contribution in [1.29, 1.82) is 0 Å². The van der Waals surface area contributed by atoms with Crippen molar-refractivity contribution in [2.75, 3.05) is 24.2 Å². The molecule has 1 aliphatic rings. The Morgan fingerprint density at radius 1 is 1.50 bits per heavy atom. The van der Waals surface area contributed by atoms with Gasteiger partial charge in [0.2, 0.25) is 0 Å². The van der Waals surface area contributed by atoms with Crippen molar-refractivity contribution in [3.8, 4) is 0 Å². The van der Waals surface area contributed by atoms with Gasteiger partial charge in [-0.3, -0.25) is 4.98 Å². The van der Waals surface area contributed by atoms with Crippen molar-refractivity contribution in [3.63, 3.8) is 0 Å². The Kier molecular flexibility index (Phi) is 3.35. The van der Waals surface area contributed by atoms with Crippen LogP contribution in [0.1, 0.15) is 19.3 Å². The smallest absolute Gasteiger partial charge is 0.0750 e. The van der Waals surface area contributed by atoms with E-state index >= 15 is 0 Å². The molecule has 0 aliphatic heterocycles. The number of halogens is 1. The van der Waals surface area contributed by atoms with Gasteiger partial charge in [-0.2, -0.15) is 0 Å². The molecule has 1 saturated carbocycles. The van der Waals surface area contributed by atoms with Crippen LogP contribution in [0.15, 0.2) is 16.9 Å². The molecule has 0 amide bonds. The first-order chi connectivity index (χ1) is 7.67. The van der Waals surface area contributed by atoms with Crippen molar-refractivity contribution in [2.45, 2.75) is 19.3 Å². The Morgan fingerprint density at radius 3 is 2.81 bits per heavy atom. The van der Waals surface area contributed by atoms with E-state index < -0.39 is 0 Å². The summed E-state index contributed by atoms with van der Waals surface area (Å²) in [6.45, 7) is 1.12. The summed E-state index contributed by atoms with van der Waals surface area (Å²) in [7, 11) is 0. The highest BCUT2D eigenvalue weighted by Crippen LogP contribution is 2.48. The number of nitrogens with two attached hydrogens (primary N) is 1. The zero-order chi connectivity index (χ0) is 11.6. The van der Waals surface area contributed by atoms with Crippen molar-refractivity contribution < 1.29 is 5.11 Å². The molecular weight excluding hydrogens is 270 g/mol. The minimum Gasteiger partial charge on any atom is -0.396 e. The quantitative estimate of drug-likeness (QED) is 0.774. The van der Waals surface area contributed by atoms with Gasteiger partial charge in [0.05, 0.1) is 22.0 Å². The van der Waals surface area contributed by atoms with E-state index in [1.807, 2.05) is 0 Å². The van der Waals surface area contributed by atoms with Crippen LogP contribution < -0.4 is 11.1 Å². The Balaban J connectivity index is 2.00. The summed E-state index contributed by atoms with van der Waals surface area (Å²) >= 11 is 3.42. The molecule has 2 rings (SSSR count). The number of nitrogens with one attached hydrogen (secondary N) is 1. The first kappa shape index (κ1) is 11.7. The number of hydrogen-bond donors (Lipinski definition) is 3. The maximum atomic E-state index is 8.98. The third-order valence-electron chi connectivity index (χ3n) is 3.17. The molecule has 88 valence electrons. The van der Waals surface area contributed by atoms with Crippen molar-refractivity contribution in [3.05, 3.63) is 16.9 Å². The fraction of sp³-hybridized carbons (Fsp3) is 0.545. The molecule has 5 heteroatoms. The van der Waals surface area contributed by atoms with Crippen LogP contribution in [0, 0.1) is 5.41 Å². The molecule has 0 aromatic carbocycles. The fourth-order valence-electron chi connectivity index (χ4n) is 1.84. The number of aliphatic hydroxyl groups is 1. The van der Waals surface area contributed by atoms with Crippen LogP contribution in [0.25, 0.3) is 0 Å². The number of nitrogens with zero attached hydrogens (tertiary/aromatic N) is 1. The number of anilines is 2. The van der Waals surface area contributed by atoms with Crippen molar-refractivity contribution in [2.24, 2.45) is 5.41 Å². The average Bonchev–Trinajstić information content (AvgIpc) is 2.98. The normalized spacial score (nSPS) is 17.1. The molecule has 1 aliphatic carbocycles. The zero-order valence-corrected chi connectivity index (χ0v) is 10.6. The summed E-state index contributed by atoms with van der Waals surface area (Å²) in [5.74, 6) is 0. The number of aliphatic hydroxyl groups excluding tert-OH is 1. The lowest BCUT2D eigenvalue weighted by Crippen LogP contribution is -2.17. The standard InChI is InChI=1S/C11H16BrN3O/c12-8-5-14-6-9(13)10(8)15-7-11(1-2-11)3-4-16/h5-6,16H,1-4,7,13H2,(H,14,15). The van der Waals surface area contributed by atoms with Gasteiger partial charge in [-0.1, -0.05) is 0 Å². The lowest BCUT2D eigenvalue weighted by Gasteiger charge is -2.17. The summed E-state index contributed by atoms with van der Waals surface area (Å²) in [6, 6.07) is 0. The molecule has 1 aromatic rings. The van der Waals surface area contributed by atoms with Gasteiger partial charge < -0.3 is 16.2 Å². The summed E-state index contributed by atoms with van der Waals surface area (Å²) in [5, 5.41) is 12.3. The van der Waals surface area contributed by atoms with Crippen LogP contribution in [0.4, 0.5) is 11.4 Å². The lowest BCUT2D eigenvalue weighted by atomic mass is 10.0. The van der Waals surface area contributed by atoms with Gasteiger partial charge in [-0.25, -0.2) is 0 Å². The fourth-order valence-corrected chi connectivity index (χ4v) is 2.33. The van der Waals surface area contributed by atoms with Crippen LogP contribution in [-0.4, -0.2) is 23.2 Å². The van der Waals surface area contributed by atoms with E-state index in [9.17, 15) is 0 Å². The molecule has 1 fully saturated rings. The summed E-state index contributed by atoms with van der Waals surface area (Å²) in [6.07, 6.45) is 6.60. The second kappa shape index (κ2) is 4.59. The molecule has 1 aromatic heterocycles. The second-order valence-electron chi connectivity index (χ2n) is 4.41. The topological polar surface area (TPSA) is 71.2 Å². The average molecular weight is 286 g/mol. The number of rotatable bonds is 5. The van der Waals surface area contributed by atoms with E-state index in [4.69, 9.17) is 10.8 Å². The molecule has 0 saturated heterocycles. The van der Waals surface area contributed by atoms with E-state index in [2.05, 4.69) is 26.2 Å². The Bertz CT molecular complexity index is 359. The molecule has 0 bridgehead atoms. The molecule has 1 heterocycles. The first-order valence-corrected chi connectivity index (χ1v) is 6.20. The maximum absolute atomic E-state index is 8.98. The molecule has 0 spiro atoms. The van der Waals surface area contributed by atoms with Gasteiger partial charge in [-0.15, -0.1) is 0 Å². The van der Waals surface area contributed by atoms with Gasteiger partial charge in [0.25, 0.3) is 0 Å². The molecule has 4 N–H and O–H groups in total. The van der Waals surface area contributed by atoms with Gasteiger partial charge in [0.1, 0.15) is 0 Å². The van der Waals surface area contributed by atoms with Crippen LogP contribution in [-0.2, 0) is 0 Å². The predicted molar refractivity (Wildman–Crippen MR) is 68.2 cm³/mol. The minimum atomic E-state index is 0.259. The van der Waals surface area contributed by atoms with Gasteiger partial charge in [-0.05, 0) is 40.6 Å². The van der Waals surface area contributed by atoms with E-state index in [1.54, 1.807) is 12.4 Å². The van der Waals surface area contributed by atoms with Gasteiger partial charge in [0.15, 0.2) is 0 Å². The molecule has 16 heavy (non-hydrogen) atoms. The Hall–Kier alpha value is -0.810. The van der Waals surface area contributed by atoms with Crippen LogP contribution >= 0.6 is 15.9 Å². The minimum absolute atomic E-state index is 0.259. The third-order valence-corrected chi connectivity index (χ3v) is 3.77. The van der Waals surface area contributed by atoms with Gasteiger partial charge >= 0.3 is 0 Å². The molecule has 0 unspecified atom stereocenters. The highest BCUT2D eigenvalue weighted by molar-refractivity contribution is 9.10. The van der Waals surface area contributed by atoms with Crippen LogP contribution in [0.5, 0.6) is 0 Å². The zero-order valence-electron chi connectivity index (χ0n) is 9.04. The SMILES string of the molecule is Nc1cncc(Br)c1NCC1(CCO)CC1.